The quantitative estimate of drug-likeness (QED) is 0.742. The number of benzene rings is 1. The molecule has 1 aromatic carbocycles. The summed E-state index contributed by atoms with van der Waals surface area (Å²) in [5, 5.41) is 20.5. The Kier molecular flexibility index (Phi) is 4.10. The van der Waals surface area contributed by atoms with Crippen LogP contribution in [0.15, 0.2) is 18.2 Å². The lowest BCUT2D eigenvalue weighted by Crippen LogP contribution is -2.44. The number of aromatic hydroxyl groups is 1. The molecule has 0 unspecified atom stereocenters. The second kappa shape index (κ2) is 6.01. The van der Waals surface area contributed by atoms with Crippen LogP contribution in [-0.2, 0) is 4.84 Å². The molecule has 3 aliphatic carbocycles. The van der Waals surface area contributed by atoms with Crippen molar-refractivity contribution in [2.24, 2.45) is 23.1 Å². The first kappa shape index (κ1) is 16.4. The van der Waals surface area contributed by atoms with Crippen LogP contribution in [0.2, 0.25) is 0 Å². The molecule has 0 saturated heterocycles. The third-order valence-electron chi connectivity index (χ3n) is 7.44. The van der Waals surface area contributed by atoms with E-state index in [-0.39, 0.29) is 11.5 Å². The summed E-state index contributed by atoms with van der Waals surface area (Å²) in [4.78, 5) is 4.85. The molecule has 6 atom stereocenters. The molecule has 24 heavy (non-hydrogen) atoms. The maximum atomic E-state index is 10.5. The van der Waals surface area contributed by atoms with Crippen LogP contribution in [0.5, 0.6) is 5.75 Å². The van der Waals surface area contributed by atoms with Gasteiger partial charge < -0.3 is 15.1 Å². The first-order chi connectivity index (χ1) is 11.5. The Morgan fingerprint density at radius 2 is 2.08 bits per heavy atom. The number of nitrogens with two attached hydrogens (primary N) is 1. The lowest BCUT2D eigenvalue weighted by atomic mass is 9.53. The second-order valence-corrected chi connectivity index (χ2v) is 8.42. The van der Waals surface area contributed by atoms with Gasteiger partial charge in [-0.1, -0.05) is 13.0 Å². The van der Waals surface area contributed by atoms with E-state index in [0.717, 1.165) is 38.5 Å². The SMILES string of the molecule is C[C@]12CC[C@@H]3c4ccc(O)cc4[C@H](CCON)C[C@H]3[C@@H]1CC[C@@H]2O. The van der Waals surface area contributed by atoms with Crippen molar-refractivity contribution in [3.05, 3.63) is 29.3 Å². The molecule has 0 amide bonds. The minimum Gasteiger partial charge on any atom is -0.508 e. The number of aliphatic hydroxyl groups is 1. The molecule has 3 aliphatic rings. The fourth-order valence-electron chi connectivity index (χ4n) is 6.17. The lowest BCUT2D eigenvalue weighted by molar-refractivity contribution is -0.0260. The topological polar surface area (TPSA) is 75.7 Å². The molecule has 0 aliphatic heterocycles. The number of hydrogen-bond acceptors (Lipinski definition) is 4. The minimum absolute atomic E-state index is 0.0878. The Morgan fingerprint density at radius 3 is 2.88 bits per heavy atom. The number of hydrogen-bond donors (Lipinski definition) is 3. The van der Waals surface area contributed by atoms with Crippen LogP contribution >= 0.6 is 0 Å². The molecule has 4 heteroatoms. The van der Waals surface area contributed by atoms with Gasteiger partial charge in [0, 0.05) is 0 Å². The highest BCUT2D eigenvalue weighted by Gasteiger charge is 2.55. The highest BCUT2D eigenvalue weighted by molar-refractivity contribution is 5.42. The van der Waals surface area contributed by atoms with Gasteiger partial charge in [0.25, 0.3) is 0 Å². The van der Waals surface area contributed by atoms with E-state index in [1.807, 2.05) is 12.1 Å². The van der Waals surface area contributed by atoms with Crippen LogP contribution in [0.1, 0.15) is 68.4 Å². The maximum absolute atomic E-state index is 10.5. The Bertz CT molecular complexity index is 619. The van der Waals surface area contributed by atoms with E-state index < -0.39 is 0 Å². The van der Waals surface area contributed by atoms with Gasteiger partial charge in [-0.3, -0.25) is 0 Å². The standard InChI is InChI=1S/C20H29NO3/c1-20-8-6-15-14-3-2-13(22)11-16(14)12(7-9-24-21)10-17(15)18(20)4-5-19(20)23/h2-3,11-12,15,17-19,22-23H,4-10,21H2,1H3/t12-,15-,17-,18+,19+,20+/m1/s1. The number of rotatable bonds is 3. The summed E-state index contributed by atoms with van der Waals surface area (Å²) < 4.78 is 0. The van der Waals surface area contributed by atoms with Crippen molar-refractivity contribution < 1.29 is 15.1 Å². The smallest absolute Gasteiger partial charge is 0.115 e. The Labute approximate surface area is 144 Å². The highest BCUT2D eigenvalue weighted by Crippen LogP contribution is 2.62. The summed E-state index contributed by atoms with van der Waals surface area (Å²) >= 11 is 0. The molecule has 132 valence electrons. The van der Waals surface area contributed by atoms with Crippen molar-refractivity contribution >= 4 is 0 Å². The van der Waals surface area contributed by atoms with E-state index >= 15 is 0 Å². The average Bonchev–Trinajstić information content (AvgIpc) is 2.88. The Morgan fingerprint density at radius 1 is 1.25 bits per heavy atom. The molecular weight excluding hydrogens is 302 g/mol. The molecule has 4 rings (SSSR count). The summed E-state index contributed by atoms with van der Waals surface area (Å²) in [5.74, 6) is 7.81. The number of phenols is 1. The van der Waals surface area contributed by atoms with E-state index in [2.05, 4.69) is 13.0 Å². The zero-order chi connectivity index (χ0) is 16.9. The van der Waals surface area contributed by atoms with E-state index in [1.165, 1.54) is 11.1 Å². The van der Waals surface area contributed by atoms with Crippen LogP contribution in [-0.4, -0.2) is 22.9 Å². The van der Waals surface area contributed by atoms with E-state index in [9.17, 15) is 10.2 Å². The molecule has 2 fully saturated rings. The second-order valence-electron chi connectivity index (χ2n) is 8.42. The number of phenolic OH excluding ortho intramolecular Hbond substituents is 1. The molecule has 0 spiro atoms. The summed E-state index contributed by atoms with van der Waals surface area (Å²) in [6.07, 6.45) is 6.22. The van der Waals surface area contributed by atoms with Gasteiger partial charge in [0.1, 0.15) is 5.75 Å². The molecule has 0 heterocycles. The van der Waals surface area contributed by atoms with Gasteiger partial charge >= 0.3 is 0 Å². The molecule has 4 N–H and O–H groups in total. The van der Waals surface area contributed by atoms with Crippen molar-refractivity contribution in [3.63, 3.8) is 0 Å². The van der Waals surface area contributed by atoms with Crippen LogP contribution in [0.3, 0.4) is 0 Å². The van der Waals surface area contributed by atoms with E-state index in [1.54, 1.807) is 0 Å². The van der Waals surface area contributed by atoms with E-state index in [0.29, 0.717) is 36.0 Å². The van der Waals surface area contributed by atoms with Gasteiger partial charge in [-0.05, 0) is 90.9 Å². The van der Waals surface area contributed by atoms with Gasteiger partial charge in [0.05, 0.1) is 12.7 Å². The lowest BCUT2D eigenvalue weighted by Gasteiger charge is -2.51. The molecule has 0 radical (unpaired) electrons. The zero-order valence-electron chi connectivity index (χ0n) is 14.4. The van der Waals surface area contributed by atoms with Gasteiger partial charge in [-0.15, -0.1) is 0 Å². The largest absolute Gasteiger partial charge is 0.508 e. The fraction of sp³-hybridized carbons (Fsp3) is 0.700. The van der Waals surface area contributed by atoms with E-state index in [4.69, 9.17) is 10.7 Å². The van der Waals surface area contributed by atoms with Crippen LogP contribution < -0.4 is 5.90 Å². The van der Waals surface area contributed by atoms with Gasteiger partial charge in [0.15, 0.2) is 0 Å². The predicted molar refractivity (Wildman–Crippen MR) is 92.5 cm³/mol. The first-order valence-corrected chi connectivity index (χ1v) is 9.37. The van der Waals surface area contributed by atoms with Crippen LogP contribution in [0.25, 0.3) is 0 Å². The van der Waals surface area contributed by atoms with Gasteiger partial charge in [-0.25, -0.2) is 5.90 Å². The monoisotopic (exact) mass is 331 g/mol. The molecular formula is C20H29NO3. The van der Waals surface area contributed by atoms with Crippen molar-refractivity contribution in [1.29, 1.82) is 0 Å². The van der Waals surface area contributed by atoms with Crippen LogP contribution in [0.4, 0.5) is 0 Å². The molecule has 2 saturated carbocycles. The predicted octanol–water partition coefficient (Wildman–Crippen LogP) is 3.43. The summed E-state index contributed by atoms with van der Waals surface area (Å²) in [5.41, 5.74) is 2.79. The molecule has 0 bridgehead atoms. The third kappa shape index (κ3) is 2.39. The normalized spacial score (nSPS) is 40.7. The van der Waals surface area contributed by atoms with Crippen molar-refractivity contribution in [2.45, 2.75) is 63.4 Å². The Hall–Kier alpha value is -1.10. The first-order valence-electron chi connectivity index (χ1n) is 9.37. The average molecular weight is 331 g/mol. The van der Waals surface area contributed by atoms with Gasteiger partial charge in [0.2, 0.25) is 0 Å². The van der Waals surface area contributed by atoms with Crippen molar-refractivity contribution in [1.82, 2.24) is 0 Å². The number of fused-ring (bicyclic) bond motifs is 5. The molecule has 0 aromatic heterocycles. The van der Waals surface area contributed by atoms with Crippen molar-refractivity contribution in [2.75, 3.05) is 6.61 Å². The molecule has 1 aromatic rings. The summed E-state index contributed by atoms with van der Waals surface area (Å²) in [7, 11) is 0. The minimum atomic E-state index is -0.143. The molecule has 4 nitrogen and oxygen atoms in total. The maximum Gasteiger partial charge on any atom is 0.115 e. The summed E-state index contributed by atoms with van der Waals surface area (Å²) in [6.45, 7) is 2.84. The van der Waals surface area contributed by atoms with Gasteiger partial charge in [-0.2, -0.15) is 0 Å². The highest BCUT2D eigenvalue weighted by atomic mass is 16.6. The number of aliphatic hydroxyl groups excluding tert-OH is 1. The third-order valence-corrected chi connectivity index (χ3v) is 7.44. The van der Waals surface area contributed by atoms with Crippen molar-refractivity contribution in [3.8, 4) is 5.75 Å². The zero-order valence-corrected chi connectivity index (χ0v) is 14.4. The van der Waals surface area contributed by atoms with Crippen LogP contribution in [0, 0.1) is 17.3 Å². The summed E-state index contributed by atoms with van der Waals surface area (Å²) in [6, 6.07) is 5.91. The Balaban J connectivity index is 1.71. The fourth-order valence-corrected chi connectivity index (χ4v) is 6.17.